The number of imide groups is 1. The van der Waals surface area contributed by atoms with Gasteiger partial charge in [0.2, 0.25) is 5.91 Å². The van der Waals surface area contributed by atoms with E-state index in [1.165, 1.54) is 12.1 Å². The van der Waals surface area contributed by atoms with Crippen molar-refractivity contribution in [1.29, 1.82) is 0 Å². The van der Waals surface area contributed by atoms with E-state index in [1.54, 1.807) is 4.90 Å². The van der Waals surface area contributed by atoms with Crippen LogP contribution >= 0.6 is 0 Å². The number of aryl methyl sites for hydroxylation is 1. The molecule has 134 valence electrons. The molecule has 0 N–H and O–H groups in total. The largest absolute Gasteiger partial charge is 0.313 e. The second-order valence-corrected chi connectivity index (χ2v) is 6.15. The van der Waals surface area contributed by atoms with Crippen molar-refractivity contribution in [1.82, 2.24) is 4.90 Å². The molecule has 1 aliphatic heterocycles. The van der Waals surface area contributed by atoms with Crippen LogP contribution in [0.1, 0.15) is 39.6 Å². The van der Waals surface area contributed by atoms with Gasteiger partial charge in [0.1, 0.15) is 5.82 Å². The Kier molecular flexibility index (Phi) is 4.84. The Morgan fingerprint density at radius 1 is 1.12 bits per heavy atom. The zero-order chi connectivity index (χ0) is 18.8. The molecule has 0 bridgehead atoms. The summed E-state index contributed by atoms with van der Waals surface area (Å²) in [5.74, 6) is -2.16. The molecule has 6 heteroatoms. The van der Waals surface area contributed by atoms with Crippen molar-refractivity contribution < 1.29 is 18.8 Å². The van der Waals surface area contributed by atoms with Crippen molar-refractivity contribution in [2.24, 2.45) is 0 Å². The van der Waals surface area contributed by atoms with Gasteiger partial charge in [-0.25, -0.2) is 4.39 Å². The zero-order valence-electron chi connectivity index (χ0n) is 14.7. The normalized spacial score (nSPS) is 13.1. The predicted molar refractivity (Wildman–Crippen MR) is 95.6 cm³/mol. The molecule has 1 heterocycles. The average Bonchev–Trinajstić information content (AvgIpc) is 2.86. The van der Waals surface area contributed by atoms with Crippen LogP contribution in [0.25, 0.3) is 0 Å². The van der Waals surface area contributed by atoms with Gasteiger partial charge in [0.15, 0.2) is 0 Å². The monoisotopic (exact) mass is 354 g/mol. The highest BCUT2D eigenvalue weighted by Gasteiger charge is 2.37. The third-order valence-corrected chi connectivity index (χ3v) is 4.43. The molecule has 0 radical (unpaired) electrons. The van der Waals surface area contributed by atoms with Crippen molar-refractivity contribution in [2.45, 2.75) is 20.3 Å². The highest BCUT2D eigenvalue weighted by atomic mass is 19.1. The zero-order valence-corrected chi connectivity index (χ0v) is 14.7. The van der Waals surface area contributed by atoms with Crippen LogP contribution in [0.5, 0.6) is 0 Å². The Balaban J connectivity index is 1.73. The van der Waals surface area contributed by atoms with Gasteiger partial charge in [0.25, 0.3) is 11.8 Å². The lowest BCUT2D eigenvalue weighted by Gasteiger charge is -2.22. The van der Waals surface area contributed by atoms with Crippen molar-refractivity contribution in [3.8, 4) is 0 Å². The summed E-state index contributed by atoms with van der Waals surface area (Å²) in [5, 5.41) is 0. The molecule has 3 amide bonds. The molecule has 26 heavy (non-hydrogen) atoms. The minimum Gasteiger partial charge on any atom is -0.313 e. The van der Waals surface area contributed by atoms with Gasteiger partial charge in [-0.15, -0.1) is 0 Å². The molecule has 2 aromatic rings. The van der Waals surface area contributed by atoms with Gasteiger partial charge in [0, 0.05) is 25.2 Å². The second-order valence-electron chi connectivity index (χ2n) is 6.15. The molecule has 0 unspecified atom stereocenters. The van der Waals surface area contributed by atoms with E-state index in [0.29, 0.717) is 6.54 Å². The summed E-state index contributed by atoms with van der Waals surface area (Å²) in [4.78, 5) is 39.8. The first kappa shape index (κ1) is 17.8. The lowest BCUT2D eigenvalue weighted by atomic mass is 10.1. The van der Waals surface area contributed by atoms with E-state index in [0.717, 1.165) is 22.2 Å². The molecule has 1 aliphatic rings. The smallest absolute Gasteiger partial charge is 0.264 e. The van der Waals surface area contributed by atoms with Gasteiger partial charge in [-0.05, 0) is 43.7 Å². The van der Waals surface area contributed by atoms with E-state index in [9.17, 15) is 18.8 Å². The van der Waals surface area contributed by atoms with Crippen LogP contribution in [-0.4, -0.2) is 35.7 Å². The molecule has 0 atom stereocenters. The topological polar surface area (TPSA) is 57.7 Å². The summed E-state index contributed by atoms with van der Waals surface area (Å²) in [7, 11) is 0. The maximum absolute atomic E-state index is 13.9. The maximum atomic E-state index is 13.9. The minimum atomic E-state index is -0.718. The highest BCUT2D eigenvalue weighted by molar-refractivity contribution is 6.21. The molecule has 0 saturated heterocycles. The van der Waals surface area contributed by atoms with Gasteiger partial charge in [-0.2, -0.15) is 0 Å². The number of rotatable bonds is 5. The number of hydrogen-bond donors (Lipinski definition) is 0. The van der Waals surface area contributed by atoms with E-state index >= 15 is 0 Å². The molecule has 0 spiro atoms. The first-order valence-corrected chi connectivity index (χ1v) is 8.45. The number of benzene rings is 2. The Morgan fingerprint density at radius 3 is 2.50 bits per heavy atom. The first-order chi connectivity index (χ1) is 12.4. The Hall–Kier alpha value is -3.02. The first-order valence-electron chi connectivity index (χ1n) is 8.45. The SMILES string of the molecule is CCN(C(=O)CCN1C(=O)c2cccc(F)c2C1=O)c1cccc(C)c1. The molecule has 5 nitrogen and oxygen atoms in total. The van der Waals surface area contributed by atoms with Gasteiger partial charge in [-0.1, -0.05) is 18.2 Å². The lowest BCUT2D eigenvalue weighted by molar-refractivity contribution is -0.118. The number of fused-ring (bicyclic) bond motifs is 1. The van der Waals surface area contributed by atoms with Crippen LogP contribution in [0.2, 0.25) is 0 Å². The van der Waals surface area contributed by atoms with Crippen molar-refractivity contribution in [3.05, 3.63) is 65.0 Å². The molecule has 0 aromatic heterocycles. The highest BCUT2D eigenvalue weighted by Crippen LogP contribution is 2.25. The number of halogens is 1. The number of carbonyl (C=O) groups excluding carboxylic acids is 3. The number of anilines is 1. The van der Waals surface area contributed by atoms with E-state index < -0.39 is 17.6 Å². The summed E-state index contributed by atoms with van der Waals surface area (Å²) >= 11 is 0. The number of amides is 3. The quantitative estimate of drug-likeness (QED) is 0.775. The summed E-state index contributed by atoms with van der Waals surface area (Å²) in [5.41, 5.74) is 1.64. The van der Waals surface area contributed by atoms with E-state index in [4.69, 9.17) is 0 Å². The van der Waals surface area contributed by atoms with Crippen LogP contribution in [0.3, 0.4) is 0 Å². The molecule has 2 aromatic carbocycles. The molecule has 0 aliphatic carbocycles. The fourth-order valence-electron chi connectivity index (χ4n) is 3.14. The van der Waals surface area contributed by atoms with Crippen molar-refractivity contribution >= 4 is 23.4 Å². The molecular formula is C20H19FN2O3. The fourth-order valence-corrected chi connectivity index (χ4v) is 3.14. The average molecular weight is 354 g/mol. The maximum Gasteiger partial charge on any atom is 0.264 e. The summed E-state index contributed by atoms with van der Waals surface area (Å²) in [6.07, 6.45) is -0.0190. The van der Waals surface area contributed by atoms with Gasteiger partial charge >= 0.3 is 0 Å². The minimum absolute atomic E-state index is 0.0190. The predicted octanol–water partition coefficient (Wildman–Crippen LogP) is 3.17. The molecule has 0 saturated carbocycles. The van der Waals surface area contributed by atoms with Gasteiger partial charge in [-0.3, -0.25) is 19.3 Å². The van der Waals surface area contributed by atoms with E-state index in [-0.39, 0.29) is 30.0 Å². The molecular weight excluding hydrogens is 335 g/mol. The van der Waals surface area contributed by atoms with Crippen LogP contribution in [-0.2, 0) is 4.79 Å². The fraction of sp³-hybridized carbons (Fsp3) is 0.250. The van der Waals surface area contributed by atoms with E-state index in [2.05, 4.69) is 0 Å². The van der Waals surface area contributed by atoms with E-state index in [1.807, 2.05) is 38.1 Å². The van der Waals surface area contributed by atoms with Gasteiger partial charge in [0.05, 0.1) is 11.1 Å². The third kappa shape index (κ3) is 3.10. The molecule has 3 rings (SSSR count). The summed E-state index contributed by atoms with van der Waals surface area (Å²) in [6, 6.07) is 11.5. The van der Waals surface area contributed by atoms with Crippen molar-refractivity contribution in [3.63, 3.8) is 0 Å². The van der Waals surface area contributed by atoms with Crippen LogP contribution < -0.4 is 4.90 Å². The van der Waals surface area contributed by atoms with Gasteiger partial charge < -0.3 is 4.90 Å². The Bertz CT molecular complexity index is 894. The lowest BCUT2D eigenvalue weighted by Crippen LogP contribution is -2.37. The molecule has 0 fully saturated rings. The Morgan fingerprint density at radius 2 is 1.85 bits per heavy atom. The Labute approximate surface area is 151 Å². The number of carbonyl (C=O) groups is 3. The number of nitrogens with zero attached hydrogens (tertiary/aromatic N) is 2. The second kappa shape index (κ2) is 7.07. The van der Waals surface area contributed by atoms with Crippen LogP contribution in [0.15, 0.2) is 42.5 Å². The third-order valence-electron chi connectivity index (χ3n) is 4.43. The number of hydrogen-bond acceptors (Lipinski definition) is 3. The summed E-state index contributed by atoms with van der Waals surface area (Å²) in [6.45, 7) is 4.19. The summed E-state index contributed by atoms with van der Waals surface area (Å²) < 4.78 is 13.9. The van der Waals surface area contributed by atoms with Crippen LogP contribution in [0.4, 0.5) is 10.1 Å². The van der Waals surface area contributed by atoms with Crippen LogP contribution in [0, 0.1) is 12.7 Å². The van der Waals surface area contributed by atoms with Crippen molar-refractivity contribution in [2.75, 3.05) is 18.0 Å². The standard InChI is InChI=1S/C20H19FN2O3/c1-3-22(14-7-4-6-13(2)12-14)17(24)10-11-23-19(25)15-8-5-9-16(21)18(15)20(23)26/h4-9,12H,3,10-11H2,1-2H3.